The second-order valence-corrected chi connectivity index (χ2v) is 4.32. The maximum atomic E-state index is 12.0. The highest BCUT2D eigenvalue weighted by Crippen LogP contribution is 2.31. The molecule has 0 unspecified atom stereocenters. The minimum Gasteiger partial charge on any atom is -0.462 e. The van der Waals surface area contributed by atoms with Crippen molar-refractivity contribution in [2.75, 3.05) is 24.3 Å². The zero-order valence-electron chi connectivity index (χ0n) is 12.6. The van der Waals surface area contributed by atoms with Crippen molar-refractivity contribution in [3.05, 3.63) is 46.3 Å². The summed E-state index contributed by atoms with van der Waals surface area (Å²) in [4.78, 5) is 30.3. The van der Waals surface area contributed by atoms with Crippen molar-refractivity contribution < 1.29 is 14.5 Å². The minimum absolute atomic E-state index is 0.0221. The lowest BCUT2D eigenvalue weighted by atomic mass is 10.2. The summed E-state index contributed by atoms with van der Waals surface area (Å²) in [6.45, 7) is 1.92. The lowest BCUT2D eigenvalue weighted by molar-refractivity contribution is -0.383. The minimum atomic E-state index is -0.596. The lowest BCUT2D eigenvalue weighted by Crippen LogP contribution is -2.10. The molecule has 0 spiro atoms. The molecule has 0 saturated carbocycles. The summed E-state index contributed by atoms with van der Waals surface area (Å²) in [6.07, 6.45) is 1.19. The third-order valence-electron chi connectivity index (χ3n) is 2.92. The summed E-state index contributed by atoms with van der Waals surface area (Å²) in [5.41, 5.74) is 0.303. The molecule has 120 valence electrons. The molecule has 0 saturated heterocycles. The van der Waals surface area contributed by atoms with Gasteiger partial charge in [-0.1, -0.05) is 12.1 Å². The van der Waals surface area contributed by atoms with Crippen LogP contribution >= 0.6 is 0 Å². The number of aromatic nitrogens is 2. The van der Waals surface area contributed by atoms with Crippen molar-refractivity contribution in [1.29, 1.82) is 0 Å². The first-order chi connectivity index (χ1) is 11.1. The van der Waals surface area contributed by atoms with Gasteiger partial charge in [0.1, 0.15) is 6.33 Å². The number of anilines is 3. The molecule has 0 amide bonds. The van der Waals surface area contributed by atoms with Gasteiger partial charge in [0, 0.05) is 7.05 Å². The number of benzene rings is 1. The van der Waals surface area contributed by atoms with E-state index >= 15 is 0 Å². The van der Waals surface area contributed by atoms with Crippen LogP contribution in [-0.4, -0.2) is 34.5 Å². The van der Waals surface area contributed by atoms with E-state index in [1.54, 1.807) is 31.2 Å². The van der Waals surface area contributed by atoms with E-state index in [1.165, 1.54) is 13.4 Å². The molecule has 0 atom stereocenters. The fraction of sp³-hybridized carbons (Fsp3) is 0.214. The van der Waals surface area contributed by atoms with Crippen LogP contribution in [-0.2, 0) is 4.74 Å². The zero-order valence-corrected chi connectivity index (χ0v) is 12.6. The smallest absolute Gasteiger partial charge is 0.353 e. The Hall–Kier alpha value is -3.23. The molecule has 2 rings (SSSR count). The number of esters is 1. The number of nitrogens with zero attached hydrogens (tertiary/aromatic N) is 3. The number of nitro groups is 1. The van der Waals surface area contributed by atoms with E-state index in [2.05, 4.69) is 20.6 Å². The monoisotopic (exact) mass is 317 g/mol. The zero-order chi connectivity index (χ0) is 16.8. The predicted octanol–water partition coefficient (Wildman–Crippen LogP) is 2.35. The normalized spacial score (nSPS) is 10.0. The van der Waals surface area contributed by atoms with Crippen LogP contribution in [0.1, 0.15) is 17.3 Å². The van der Waals surface area contributed by atoms with Crippen molar-refractivity contribution >= 4 is 29.0 Å². The van der Waals surface area contributed by atoms with Gasteiger partial charge in [-0.3, -0.25) is 10.1 Å². The Morgan fingerprint density at radius 2 is 2.00 bits per heavy atom. The Labute approximate surface area is 131 Å². The fourth-order valence-electron chi connectivity index (χ4n) is 1.93. The summed E-state index contributed by atoms with van der Waals surface area (Å²) in [6, 6.07) is 6.53. The lowest BCUT2D eigenvalue weighted by Gasteiger charge is -2.11. The highest BCUT2D eigenvalue weighted by atomic mass is 16.6. The maximum absolute atomic E-state index is 12.0. The van der Waals surface area contributed by atoms with Crippen molar-refractivity contribution in [3.8, 4) is 0 Å². The van der Waals surface area contributed by atoms with Gasteiger partial charge in [0.15, 0.2) is 0 Å². The van der Waals surface area contributed by atoms with Crippen LogP contribution in [0.2, 0.25) is 0 Å². The summed E-state index contributed by atoms with van der Waals surface area (Å²) >= 11 is 0. The van der Waals surface area contributed by atoms with Crippen LogP contribution in [0.4, 0.5) is 23.0 Å². The first-order valence-corrected chi connectivity index (χ1v) is 6.78. The number of hydrogen-bond donors (Lipinski definition) is 2. The number of nitrogens with one attached hydrogen (secondary N) is 2. The summed E-state index contributed by atoms with van der Waals surface area (Å²) in [5.74, 6) is -0.478. The molecule has 0 bridgehead atoms. The molecule has 0 fully saturated rings. The van der Waals surface area contributed by atoms with Crippen LogP contribution in [0.25, 0.3) is 0 Å². The van der Waals surface area contributed by atoms with Crippen LogP contribution in [0.15, 0.2) is 30.6 Å². The average molecular weight is 317 g/mol. The summed E-state index contributed by atoms with van der Waals surface area (Å²) < 4.78 is 4.97. The molecule has 0 aliphatic heterocycles. The third kappa shape index (κ3) is 3.51. The van der Waals surface area contributed by atoms with Crippen LogP contribution < -0.4 is 10.6 Å². The van der Waals surface area contributed by atoms with Gasteiger partial charge in [0.05, 0.1) is 22.8 Å². The van der Waals surface area contributed by atoms with Gasteiger partial charge >= 0.3 is 11.7 Å². The molecular formula is C14H15N5O4. The third-order valence-corrected chi connectivity index (χ3v) is 2.92. The van der Waals surface area contributed by atoms with E-state index in [4.69, 9.17) is 4.74 Å². The maximum Gasteiger partial charge on any atom is 0.353 e. The molecule has 1 heterocycles. The number of carbonyl (C=O) groups is 1. The fourth-order valence-corrected chi connectivity index (χ4v) is 1.93. The van der Waals surface area contributed by atoms with Gasteiger partial charge < -0.3 is 15.4 Å². The van der Waals surface area contributed by atoms with Crippen LogP contribution in [0, 0.1) is 10.1 Å². The van der Waals surface area contributed by atoms with Gasteiger partial charge in [-0.15, -0.1) is 0 Å². The van der Waals surface area contributed by atoms with Crippen molar-refractivity contribution in [2.24, 2.45) is 0 Å². The molecule has 0 aliphatic carbocycles. The highest BCUT2D eigenvalue weighted by molar-refractivity contribution is 5.96. The standard InChI is InChI=1S/C14H15N5O4/c1-3-23-14(20)9-6-4-5-7-10(9)18-13-11(19(21)22)12(15-2)16-8-17-13/h4-8H,3H2,1-2H3,(H2,15,16,17,18). The van der Waals surface area contributed by atoms with Gasteiger partial charge in [-0.25, -0.2) is 14.8 Å². The van der Waals surface area contributed by atoms with Crippen LogP contribution in [0.3, 0.4) is 0 Å². The SMILES string of the molecule is CCOC(=O)c1ccccc1Nc1ncnc(NC)c1[N+](=O)[O-]. The molecule has 0 radical (unpaired) electrons. The number of ether oxygens (including phenoxy) is 1. The summed E-state index contributed by atoms with van der Waals surface area (Å²) in [7, 11) is 1.52. The van der Waals surface area contributed by atoms with Gasteiger partial charge in [0.25, 0.3) is 0 Å². The van der Waals surface area contributed by atoms with Gasteiger partial charge in [0.2, 0.25) is 11.6 Å². The van der Waals surface area contributed by atoms with Gasteiger partial charge in [-0.2, -0.15) is 0 Å². The Balaban J connectivity index is 2.45. The molecule has 9 nitrogen and oxygen atoms in total. The molecule has 1 aromatic carbocycles. The van der Waals surface area contributed by atoms with Crippen molar-refractivity contribution in [2.45, 2.75) is 6.92 Å². The Kier molecular flexibility index (Phi) is 5.03. The van der Waals surface area contributed by atoms with E-state index < -0.39 is 10.9 Å². The van der Waals surface area contributed by atoms with Crippen LogP contribution in [0.5, 0.6) is 0 Å². The number of hydrogen-bond acceptors (Lipinski definition) is 8. The van der Waals surface area contributed by atoms with E-state index in [0.29, 0.717) is 5.69 Å². The first kappa shape index (κ1) is 16.1. The van der Waals surface area contributed by atoms with E-state index in [-0.39, 0.29) is 29.5 Å². The van der Waals surface area contributed by atoms with Crippen molar-refractivity contribution in [1.82, 2.24) is 9.97 Å². The Morgan fingerprint density at radius 1 is 1.30 bits per heavy atom. The Morgan fingerprint density at radius 3 is 2.65 bits per heavy atom. The predicted molar refractivity (Wildman–Crippen MR) is 83.9 cm³/mol. The number of rotatable bonds is 6. The highest BCUT2D eigenvalue weighted by Gasteiger charge is 2.23. The molecule has 2 aromatic rings. The second kappa shape index (κ2) is 7.16. The molecule has 0 aliphatic rings. The molecule has 1 aromatic heterocycles. The second-order valence-electron chi connectivity index (χ2n) is 4.32. The Bertz CT molecular complexity index is 735. The largest absolute Gasteiger partial charge is 0.462 e. The molecule has 9 heteroatoms. The molecule has 2 N–H and O–H groups in total. The van der Waals surface area contributed by atoms with Crippen molar-refractivity contribution in [3.63, 3.8) is 0 Å². The van der Waals surface area contributed by atoms with Gasteiger partial charge in [-0.05, 0) is 19.1 Å². The number of carbonyl (C=O) groups excluding carboxylic acids is 1. The molecular weight excluding hydrogens is 302 g/mol. The van der Waals surface area contributed by atoms with E-state index in [9.17, 15) is 14.9 Å². The average Bonchev–Trinajstić information content (AvgIpc) is 2.55. The quantitative estimate of drug-likeness (QED) is 0.473. The first-order valence-electron chi connectivity index (χ1n) is 6.78. The number of para-hydroxylation sites is 1. The van der Waals surface area contributed by atoms with E-state index in [1.807, 2.05) is 0 Å². The summed E-state index contributed by atoms with van der Waals surface area (Å²) in [5, 5.41) is 16.7. The molecule has 23 heavy (non-hydrogen) atoms. The topological polar surface area (TPSA) is 119 Å². The van der Waals surface area contributed by atoms with E-state index in [0.717, 1.165) is 0 Å².